The molecule has 6 nitrogen and oxygen atoms in total. The first-order valence-electron chi connectivity index (χ1n) is 11.3. The third-order valence-corrected chi connectivity index (χ3v) is 6.09. The maximum Gasteiger partial charge on any atom is 0.321 e. The molecule has 1 unspecified atom stereocenters. The molecule has 2 aromatic carbocycles. The summed E-state index contributed by atoms with van der Waals surface area (Å²) < 4.78 is 0. The first-order valence-corrected chi connectivity index (χ1v) is 11.3. The highest BCUT2D eigenvalue weighted by molar-refractivity contribution is 5.89. The number of likely N-dealkylation sites (N-methyl/N-ethyl adjacent to an activating group) is 1. The van der Waals surface area contributed by atoms with E-state index in [1.807, 2.05) is 48.5 Å². The summed E-state index contributed by atoms with van der Waals surface area (Å²) in [5, 5.41) is 6.10. The average Bonchev–Trinajstić information content (AvgIpc) is 2.83. The number of hydrogen-bond donors (Lipinski definition) is 2. The Morgan fingerprint density at radius 1 is 0.968 bits per heavy atom. The van der Waals surface area contributed by atoms with E-state index in [0.29, 0.717) is 32.5 Å². The van der Waals surface area contributed by atoms with Gasteiger partial charge in [0.1, 0.15) is 0 Å². The van der Waals surface area contributed by atoms with Crippen LogP contribution in [0.25, 0.3) is 0 Å². The molecule has 1 aliphatic heterocycles. The SMILES string of the molecule is CCN(CC)C(CNC(=O)C1CCN(C(=O)Nc2ccccc2)CC1)c1ccccc1. The Kier molecular flexibility index (Phi) is 8.47. The minimum Gasteiger partial charge on any atom is -0.354 e. The summed E-state index contributed by atoms with van der Waals surface area (Å²) in [6.45, 7) is 7.94. The number of hydrogen-bond acceptors (Lipinski definition) is 3. The summed E-state index contributed by atoms with van der Waals surface area (Å²) in [5.41, 5.74) is 2.01. The predicted molar refractivity (Wildman–Crippen MR) is 125 cm³/mol. The van der Waals surface area contributed by atoms with Crippen molar-refractivity contribution in [3.05, 3.63) is 66.2 Å². The van der Waals surface area contributed by atoms with Crippen LogP contribution in [-0.2, 0) is 4.79 Å². The molecular weight excluding hydrogens is 388 g/mol. The van der Waals surface area contributed by atoms with E-state index in [0.717, 1.165) is 18.8 Å². The largest absolute Gasteiger partial charge is 0.354 e. The Bertz CT molecular complexity index is 816. The fourth-order valence-electron chi connectivity index (χ4n) is 4.21. The molecule has 3 amide bonds. The van der Waals surface area contributed by atoms with Gasteiger partial charge in [-0.3, -0.25) is 9.69 Å². The van der Waals surface area contributed by atoms with Crippen molar-refractivity contribution in [1.82, 2.24) is 15.1 Å². The quantitative estimate of drug-likeness (QED) is 0.672. The third kappa shape index (κ3) is 6.31. The van der Waals surface area contributed by atoms with Crippen LogP contribution in [0.2, 0.25) is 0 Å². The molecule has 1 saturated heterocycles. The Morgan fingerprint density at radius 3 is 2.13 bits per heavy atom. The average molecular weight is 423 g/mol. The predicted octanol–water partition coefficient (Wildman–Crippen LogP) is 4.13. The van der Waals surface area contributed by atoms with E-state index >= 15 is 0 Å². The van der Waals surface area contributed by atoms with Crippen LogP contribution in [0.4, 0.5) is 10.5 Å². The van der Waals surface area contributed by atoms with Gasteiger partial charge in [0.2, 0.25) is 5.91 Å². The molecule has 1 fully saturated rings. The van der Waals surface area contributed by atoms with Crippen LogP contribution >= 0.6 is 0 Å². The smallest absolute Gasteiger partial charge is 0.321 e. The number of nitrogens with zero attached hydrogens (tertiary/aromatic N) is 2. The second-order valence-electron chi connectivity index (χ2n) is 7.95. The molecule has 0 saturated carbocycles. The minimum absolute atomic E-state index is 0.0473. The molecule has 31 heavy (non-hydrogen) atoms. The van der Waals surface area contributed by atoms with Gasteiger partial charge in [-0.05, 0) is 43.6 Å². The third-order valence-electron chi connectivity index (χ3n) is 6.09. The van der Waals surface area contributed by atoms with Gasteiger partial charge in [-0.2, -0.15) is 0 Å². The first-order chi connectivity index (χ1) is 15.1. The molecule has 166 valence electrons. The monoisotopic (exact) mass is 422 g/mol. The molecule has 0 spiro atoms. The van der Waals surface area contributed by atoms with E-state index in [2.05, 4.69) is 41.5 Å². The standard InChI is InChI=1S/C25H34N4O2/c1-3-28(4-2)23(20-11-7-5-8-12-20)19-26-24(30)21-15-17-29(18-16-21)25(31)27-22-13-9-6-10-14-22/h5-14,21,23H,3-4,15-19H2,1-2H3,(H,26,30)(H,27,31). The number of nitrogens with one attached hydrogen (secondary N) is 2. The second kappa shape index (κ2) is 11.5. The molecule has 1 heterocycles. The number of likely N-dealkylation sites (tertiary alicyclic amines) is 1. The Labute approximate surface area is 185 Å². The van der Waals surface area contributed by atoms with E-state index in [9.17, 15) is 9.59 Å². The summed E-state index contributed by atoms with van der Waals surface area (Å²) >= 11 is 0. The molecule has 0 aromatic heterocycles. The highest BCUT2D eigenvalue weighted by atomic mass is 16.2. The first kappa shape index (κ1) is 22.8. The lowest BCUT2D eigenvalue weighted by atomic mass is 9.95. The van der Waals surface area contributed by atoms with Crippen LogP contribution in [0, 0.1) is 5.92 Å². The van der Waals surface area contributed by atoms with Gasteiger partial charge in [0.15, 0.2) is 0 Å². The van der Waals surface area contributed by atoms with Gasteiger partial charge in [-0.15, -0.1) is 0 Å². The number of carbonyl (C=O) groups excluding carboxylic acids is 2. The second-order valence-corrected chi connectivity index (χ2v) is 7.95. The maximum absolute atomic E-state index is 12.9. The van der Waals surface area contributed by atoms with Gasteiger partial charge < -0.3 is 15.5 Å². The molecule has 0 radical (unpaired) electrons. The van der Waals surface area contributed by atoms with Crippen LogP contribution in [-0.4, -0.2) is 54.5 Å². The van der Waals surface area contributed by atoms with Crippen LogP contribution in [0.15, 0.2) is 60.7 Å². The van der Waals surface area contributed by atoms with Gasteiger partial charge in [-0.1, -0.05) is 62.4 Å². The molecule has 0 bridgehead atoms. The molecule has 0 aliphatic carbocycles. The molecule has 6 heteroatoms. The summed E-state index contributed by atoms with van der Waals surface area (Å²) in [5.74, 6) is 0.0464. The lowest BCUT2D eigenvalue weighted by Gasteiger charge is -2.33. The van der Waals surface area contributed by atoms with Gasteiger partial charge >= 0.3 is 6.03 Å². The summed E-state index contributed by atoms with van der Waals surface area (Å²) in [6, 6.07) is 19.9. The fourth-order valence-corrected chi connectivity index (χ4v) is 4.21. The van der Waals surface area contributed by atoms with Crippen LogP contribution in [0.1, 0.15) is 38.3 Å². The number of para-hydroxylation sites is 1. The van der Waals surface area contributed by atoms with Crippen LogP contribution in [0.3, 0.4) is 0 Å². The number of benzene rings is 2. The van der Waals surface area contributed by atoms with E-state index in [1.54, 1.807) is 4.90 Å². The highest BCUT2D eigenvalue weighted by Crippen LogP contribution is 2.22. The lowest BCUT2D eigenvalue weighted by molar-refractivity contribution is -0.126. The number of rotatable bonds is 8. The van der Waals surface area contributed by atoms with Crippen molar-refractivity contribution < 1.29 is 9.59 Å². The highest BCUT2D eigenvalue weighted by Gasteiger charge is 2.28. The minimum atomic E-state index is -0.101. The number of piperidine rings is 1. The number of carbonyl (C=O) groups is 2. The van der Waals surface area contributed by atoms with Crippen molar-refractivity contribution in [3.63, 3.8) is 0 Å². The van der Waals surface area contributed by atoms with Crippen molar-refractivity contribution in [2.24, 2.45) is 5.92 Å². The summed E-state index contributed by atoms with van der Waals surface area (Å²) in [6.07, 6.45) is 1.38. The van der Waals surface area contributed by atoms with Gasteiger partial charge in [0, 0.05) is 31.2 Å². The topological polar surface area (TPSA) is 64.7 Å². The maximum atomic E-state index is 12.9. The zero-order valence-electron chi connectivity index (χ0n) is 18.6. The summed E-state index contributed by atoms with van der Waals surface area (Å²) in [7, 11) is 0. The molecular formula is C25H34N4O2. The molecule has 1 aliphatic rings. The number of anilines is 1. The van der Waals surface area contributed by atoms with E-state index in [1.165, 1.54) is 5.56 Å². The zero-order chi connectivity index (χ0) is 22.1. The Morgan fingerprint density at radius 2 is 1.55 bits per heavy atom. The molecule has 2 N–H and O–H groups in total. The molecule has 3 rings (SSSR count). The summed E-state index contributed by atoms with van der Waals surface area (Å²) in [4.78, 5) is 29.5. The van der Waals surface area contributed by atoms with E-state index in [-0.39, 0.29) is 23.9 Å². The number of urea groups is 1. The molecule has 2 aromatic rings. The zero-order valence-corrected chi connectivity index (χ0v) is 18.6. The Balaban J connectivity index is 1.50. The lowest BCUT2D eigenvalue weighted by Crippen LogP contribution is -2.46. The van der Waals surface area contributed by atoms with E-state index in [4.69, 9.17) is 0 Å². The van der Waals surface area contributed by atoms with Crippen LogP contribution in [0.5, 0.6) is 0 Å². The Hall–Kier alpha value is -2.86. The van der Waals surface area contributed by atoms with Gasteiger partial charge in [0.25, 0.3) is 0 Å². The van der Waals surface area contributed by atoms with Crippen molar-refractivity contribution in [2.45, 2.75) is 32.7 Å². The van der Waals surface area contributed by atoms with Crippen LogP contribution < -0.4 is 10.6 Å². The number of amides is 3. The van der Waals surface area contributed by atoms with Crippen molar-refractivity contribution in [2.75, 3.05) is 38.0 Å². The van der Waals surface area contributed by atoms with Crippen molar-refractivity contribution in [3.8, 4) is 0 Å². The fraction of sp³-hybridized carbons (Fsp3) is 0.440. The normalized spacial score (nSPS) is 15.5. The van der Waals surface area contributed by atoms with Crippen molar-refractivity contribution in [1.29, 1.82) is 0 Å². The van der Waals surface area contributed by atoms with Gasteiger partial charge in [-0.25, -0.2) is 4.79 Å². The molecule has 1 atom stereocenters. The van der Waals surface area contributed by atoms with Crippen molar-refractivity contribution >= 4 is 17.6 Å². The van der Waals surface area contributed by atoms with Gasteiger partial charge in [0.05, 0.1) is 6.04 Å². The van der Waals surface area contributed by atoms with E-state index < -0.39 is 0 Å².